The molecule has 2 aromatic carbocycles. The molecule has 0 fully saturated rings. The summed E-state index contributed by atoms with van der Waals surface area (Å²) in [4.78, 5) is 33.9. The third kappa shape index (κ3) is 4.12. The summed E-state index contributed by atoms with van der Waals surface area (Å²) in [5.41, 5.74) is -0.446. The fourth-order valence-electron chi connectivity index (χ4n) is 2.08. The Hall–Kier alpha value is -3.49. The third-order valence-electron chi connectivity index (χ3n) is 3.52. The van der Waals surface area contributed by atoms with E-state index in [2.05, 4.69) is 5.32 Å². The summed E-state index contributed by atoms with van der Waals surface area (Å²) >= 11 is 0. The van der Waals surface area contributed by atoms with Crippen molar-refractivity contribution in [3.8, 4) is 5.75 Å². The van der Waals surface area contributed by atoms with Crippen LogP contribution in [0.3, 0.4) is 0 Å². The van der Waals surface area contributed by atoms with E-state index in [9.17, 15) is 29.2 Å². The predicted octanol–water partition coefficient (Wildman–Crippen LogP) is 2.93. The number of benzene rings is 2. The maximum absolute atomic E-state index is 13.3. The van der Waals surface area contributed by atoms with E-state index in [1.807, 2.05) is 0 Å². The van der Waals surface area contributed by atoms with Crippen molar-refractivity contribution >= 4 is 23.3 Å². The molecule has 2 N–H and O–H groups in total. The zero-order chi connectivity index (χ0) is 19.4. The number of carbonyl (C=O) groups is 2. The number of aromatic hydroxyl groups is 1. The van der Waals surface area contributed by atoms with E-state index in [-0.39, 0.29) is 17.0 Å². The van der Waals surface area contributed by atoms with Crippen LogP contribution in [-0.2, 0) is 9.53 Å². The number of nitro benzene ring substituents is 1. The Morgan fingerprint density at radius 2 is 2.00 bits per heavy atom. The topological polar surface area (TPSA) is 119 Å². The van der Waals surface area contributed by atoms with E-state index in [1.165, 1.54) is 13.0 Å². The van der Waals surface area contributed by atoms with Gasteiger partial charge in [-0.25, -0.2) is 4.79 Å². The van der Waals surface area contributed by atoms with Crippen molar-refractivity contribution in [3.63, 3.8) is 0 Å². The molecule has 0 saturated heterocycles. The van der Waals surface area contributed by atoms with Crippen LogP contribution in [0, 0.1) is 22.9 Å². The molecule has 1 atom stereocenters. The second-order valence-corrected chi connectivity index (χ2v) is 5.43. The fourth-order valence-corrected chi connectivity index (χ4v) is 2.08. The molecule has 1 unspecified atom stereocenters. The lowest BCUT2D eigenvalue weighted by Gasteiger charge is -2.14. The number of anilines is 1. The molecular weight excluding hydrogens is 347 g/mol. The van der Waals surface area contributed by atoms with Gasteiger partial charge in [0.1, 0.15) is 11.3 Å². The molecule has 0 spiro atoms. The molecule has 0 radical (unpaired) electrons. The Balaban J connectivity index is 2.08. The normalized spacial score (nSPS) is 11.5. The van der Waals surface area contributed by atoms with Gasteiger partial charge in [-0.3, -0.25) is 14.9 Å². The van der Waals surface area contributed by atoms with Crippen LogP contribution < -0.4 is 5.32 Å². The molecule has 26 heavy (non-hydrogen) atoms. The molecule has 0 bridgehead atoms. The highest BCUT2D eigenvalue weighted by Gasteiger charge is 2.22. The smallest absolute Gasteiger partial charge is 0.342 e. The molecule has 136 valence electrons. The zero-order valence-electron chi connectivity index (χ0n) is 13.9. The van der Waals surface area contributed by atoms with Crippen molar-refractivity contribution in [2.24, 2.45) is 0 Å². The number of nitro groups is 1. The van der Waals surface area contributed by atoms with Gasteiger partial charge in [-0.15, -0.1) is 0 Å². The first-order valence-electron chi connectivity index (χ1n) is 7.45. The highest BCUT2D eigenvalue weighted by molar-refractivity contribution is 5.98. The lowest BCUT2D eigenvalue weighted by atomic mass is 10.1. The van der Waals surface area contributed by atoms with E-state index in [0.29, 0.717) is 5.56 Å². The predicted molar refractivity (Wildman–Crippen MR) is 89.4 cm³/mol. The number of amides is 1. The van der Waals surface area contributed by atoms with Crippen LogP contribution in [0.1, 0.15) is 22.8 Å². The number of para-hydroxylation sites is 1. The Bertz CT molecular complexity index is 884. The number of nitrogens with one attached hydrogen (secondary N) is 1. The Morgan fingerprint density at radius 3 is 2.65 bits per heavy atom. The summed E-state index contributed by atoms with van der Waals surface area (Å²) in [5, 5.41) is 22.9. The van der Waals surface area contributed by atoms with E-state index >= 15 is 0 Å². The SMILES string of the molecule is Cc1cccc(C(=O)OC(C)C(=O)Nc2ccc(F)c([N+](=O)[O-])c2)c1O. The molecule has 2 rings (SSSR count). The molecule has 8 nitrogen and oxygen atoms in total. The van der Waals surface area contributed by atoms with Crippen LogP contribution >= 0.6 is 0 Å². The largest absolute Gasteiger partial charge is 0.507 e. The van der Waals surface area contributed by atoms with Gasteiger partial charge in [-0.2, -0.15) is 4.39 Å². The summed E-state index contributed by atoms with van der Waals surface area (Å²) in [6, 6.07) is 7.33. The number of hydrogen-bond acceptors (Lipinski definition) is 6. The van der Waals surface area contributed by atoms with Crippen LogP contribution in [0.25, 0.3) is 0 Å². The van der Waals surface area contributed by atoms with E-state index < -0.39 is 34.4 Å². The average Bonchev–Trinajstić information content (AvgIpc) is 2.58. The van der Waals surface area contributed by atoms with Crippen LogP contribution in [0.2, 0.25) is 0 Å². The number of phenols is 1. The second-order valence-electron chi connectivity index (χ2n) is 5.43. The molecule has 0 aromatic heterocycles. The number of phenolic OH excluding ortho intramolecular Hbond substituents is 1. The number of nitrogens with zero attached hydrogens (tertiary/aromatic N) is 1. The number of hydrogen-bond donors (Lipinski definition) is 2. The average molecular weight is 362 g/mol. The van der Waals surface area contributed by atoms with Crippen molar-refractivity contribution in [2.75, 3.05) is 5.32 Å². The van der Waals surface area contributed by atoms with Gasteiger partial charge in [0, 0.05) is 11.8 Å². The van der Waals surface area contributed by atoms with Gasteiger partial charge in [0.05, 0.1) is 4.92 Å². The molecule has 0 heterocycles. The fraction of sp³-hybridized carbons (Fsp3) is 0.176. The summed E-state index contributed by atoms with van der Waals surface area (Å²) < 4.78 is 18.3. The summed E-state index contributed by atoms with van der Waals surface area (Å²) in [7, 11) is 0. The molecular formula is C17H15FN2O6. The lowest BCUT2D eigenvalue weighted by molar-refractivity contribution is -0.387. The minimum atomic E-state index is -1.26. The van der Waals surface area contributed by atoms with Crippen molar-refractivity contribution in [3.05, 3.63) is 63.5 Å². The van der Waals surface area contributed by atoms with E-state index in [4.69, 9.17) is 4.74 Å². The van der Waals surface area contributed by atoms with Gasteiger partial charge >= 0.3 is 11.7 Å². The summed E-state index contributed by atoms with van der Waals surface area (Å²) in [5.74, 6) is -2.97. The quantitative estimate of drug-likeness (QED) is 0.479. The van der Waals surface area contributed by atoms with Crippen molar-refractivity contribution in [1.82, 2.24) is 0 Å². The first kappa shape index (κ1) is 18.8. The Kier molecular flexibility index (Phi) is 5.51. The maximum Gasteiger partial charge on any atom is 0.342 e. The second kappa shape index (κ2) is 7.60. The number of aryl methyl sites for hydroxylation is 1. The lowest BCUT2D eigenvalue weighted by Crippen LogP contribution is -2.30. The highest BCUT2D eigenvalue weighted by atomic mass is 19.1. The van der Waals surface area contributed by atoms with Gasteiger partial charge in [-0.05, 0) is 37.6 Å². The van der Waals surface area contributed by atoms with Crippen molar-refractivity contribution < 1.29 is 28.7 Å². The minimum absolute atomic E-state index is 0.0237. The molecule has 2 aromatic rings. The number of carbonyl (C=O) groups excluding carboxylic acids is 2. The number of rotatable bonds is 5. The summed E-state index contributed by atoms with van der Waals surface area (Å²) in [6.45, 7) is 2.89. The van der Waals surface area contributed by atoms with Crippen LogP contribution in [0.4, 0.5) is 15.8 Å². The third-order valence-corrected chi connectivity index (χ3v) is 3.52. The van der Waals surface area contributed by atoms with Gasteiger partial charge in [0.15, 0.2) is 6.10 Å². The first-order chi connectivity index (χ1) is 12.2. The standard InChI is InChI=1S/C17H15FN2O6/c1-9-4-3-5-12(15(9)21)17(23)26-10(2)16(22)19-11-6-7-13(18)14(8-11)20(24)25/h3-8,10,21H,1-2H3,(H,19,22). The molecule has 0 aliphatic carbocycles. The molecule has 0 saturated carbocycles. The molecule has 9 heteroatoms. The number of esters is 1. The van der Waals surface area contributed by atoms with Gasteiger partial charge < -0.3 is 15.2 Å². The van der Waals surface area contributed by atoms with Gasteiger partial charge in [-0.1, -0.05) is 12.1 Å². The maximum atomic E-state index is 13.3. The van der Waals surface area contributed by atoms with Crippen LogP contribution in [-0.4, -0.2) is 28.0 Å². The van der Waals surface area contributed by atoms with Crippen LogP contribution in [0.15, 0.2) is 36.4 Å². The van der Waals surface area contributed by atoms with Crippen LogP contribution in [0.5, 0.6) is 5.75 Å². The van der Waals surface area contributed by atoms with Crippen molar-refractivity contribution in [2.45, 2.75) is 20.0 Å². The van der Waals surface area contributed by atoms with Gasteiger partial charge in [0.2, 0.25) is 5.82 Å². The highest BCUT2D eigenvalue weighted by Crippen LogP contribution is 2.24. The number of ether oxygens (including phenoxy) is 1. The Labute approximate surface area is 147 Å². The molecule has 1 amide bonds. The van der Waals surface area contributed by atoms with Gasteiger partial charge in [0.25, 0.3) is 5.91 Å². The minimum Gasteiger partial charge on any atom is -0.507 e. The number of halogens is 1. The Morgan fingerprint density at radius 1 is 1.31 bits per heavy atom. The monoisotopic (exact) mass is 362 g/mol. The zero-order valence-corrected chi connectivity index (χ0v) is 13.9. The van der Waals surface area contributed by atoms with E-state index in [0.717, 1.165) is 18.2 Å². The summed E-state index contributed by atoms with van der Waals surface area (Å²) in [6.07, 6.45) is -1.26. The van der Waals surface area contributed by atoms with Crippen molar-refractivity contribution in [1.29, 1.82) is 0 Å². The molecule has 0 aliphatic rings. The first-order valence-corrected chi connectivity index (χ1v) is 7.45. The van der Waals surface area contributed by atoms with E-state index in [1.54, 1.807) is 19.1 Å². The molecule has 0 aliphatic heterocycles.